The van der Waals surface area contributed by atoms with Crippen molar-refractivity contribution >= 4 is 10.4 Å². The SMILES string of the molecule is CCCCC(C)COS(=O)(=O)[O-].[Na+]. The third kappa shape index (κ3) is 12.9. The molecule has 0 aromatic carbocycles. The van der Waals surface area contributed by atoms with E-state index >= 15 is 0 Å². The molecule has 0 radical (unpaired) electrons. The van der Waals surface area contributed by atoms with Crippen LogP contribution in [0, 0.1) is 5.92 Å². The summed E-state index contributed by atoms with van der Waals surface area (Å²) in [6.07, 6.45) is 2.99. The number of hydrogen-bond donors (Lipinski definition) is 0. The number of hydrogen-bond acceptors (Lipinski definition) is 4. The van der Waals surface area contributed by atoms with Gasteiger partial charge in [-0.25, -0.2) is 8.42 Å². The normalized spacial score (nSPS) is 13.5. The van der Waals surface area contributed by atoms with E-state index in [0.717, 1.165) is 19.3 Å². The molecule has 4 nitrogen and oxygen atoms in total. The molecule has 0 heterocycles. The van der Waals surface area contributed by atoms with Gasteiger partial charge in [0.05, 0.1) is 6.61 Å². The first-order valence-corrected chi connectivity index (χ1v) is 5.39. The number of rotatable bonds is 6. The van der Waals surface area contributed by atoms with Crippen LogP contribution in [0.5, 0.6) is 0 Å². The minimum Gasteiger partial charge on any atom is -0.726 e. The van der Waals surface area contributed by atoms with Gasteiger partial charge in [0.25, 0.3) is 0 Å². The Morgan fingerprint density at radius 3 is 2.38 bits per heavy atom. The van der Waals surface area contributed by atoms with Crippen molar-refractivity contribution < 1.29 is 46.7 Å². The van der Waals surface area contributed by atoms with Crippen molar-refractivity contribution in [3.05, 3.63) is 0 Å². The van der Waals surface area contributed by atoms with Crippen LogP contribution in [0.4, 0.5) is 0 Å². The van der Waals surface area contributed by atoms with Crippen LogP contribution in [0.25, 0.3) is 0 Å². The summed E-state index contributed by atoms with van der Waals surface area (Å²) in [5.74, 6) is 0.133. The maximum absolute atomic E-state index is 10.0. The van der Waals surface area contributed by atoms with Gasteiger partial charge in [-0.2, -0.15) is 0 Å². The zero-order chi connectivity index (χ0) is 9.61. The molecule has 0 aliphatic heterocycles. The predicted octanol–water partition coefficient (Wildman–Crippen LogP) is -1.71. The van der Waals surface area contributed by atoms with Crippen LogP contribution in [-0.4, -0.2) is 19.6 Å². The van der Waals surface area contributed by atoms with Crippen molar-refractivity contribution in [1.82, 2.24) is 0 Å². The van der Waals surface area contributed by atoms with Crippen LogP contribution < -0.4 is 29.6 Å². The van der Waals surface area contributed by atoms with Gasteiger partial charge in [0.15, 0.2) is 0 Å². The third-order valence-electron chi connectivity index (χ3n) is 1.55. The summed E-state index contributed by atoms with van der Waals surface area (Å²) >= 11 is 0. The molecule has 0 aromatic rings. The van der Waals surface area contributed by atoms with Crippen LogP contribution in [0.2, 0.25) is 0 Å². The van der Waals surface area contributed by atoms with Crippen molar-refractivity contribution in [2.75, 3.05) is 6.61 Å². The summed E-state index contributed by atoms with van der Waals surface area (Å²) in [5, 5.41) is 0. The Morgan fingerprint density at radius 2 is 2.00 bits per heavy atom. The van der Waals surface area contributed by atoms with E-state index in [4.69, 9.17) is 0 Å². The Balaban J connectivity index is 0. The molecule has 1 unspecified atom stereocenters. The minimum absolute atomic E-state index is 0. The van der Waals surface area contributed by atoms with Crippen LogP contribution in [0.3, 0.4) is 0 Å². The second kappa shape index (κ2) is 8.20. The molecule has 0 fully saturated rings. The van der Waals surface area contributed by atoms with E-state index in [-0.39, 0.29) is 42.1 Å². The second-order valence-corrected chi connectivity index (χ2v) is 3.99. The standard InChI is InChI=1S/C7H16O4S.Na/c1-3-4-5-7(2)6-11-12(8,9)10;/h7H,3-6H2,1-2H3,(H,8,9,10);/q;+1/p-1. The molecule has 0 amide bonds. The second-order valence-electron chi connectivity index (χ2n) is 2.94. The maximum atomic E-state index is 10.0. The average molecular weight is 218 g/mol. The van der Waals surface area contributed by atoms with E-state index in [0.29, 0.717) is 0 Å². The fraction of sp³-hybridized carbons (Fsp3) is 1.00. The molecule has 1 atom stereocenters. The van der Waals surface area contributed by atoms with Gasteiger partial charge in [-0.05, 0) is 12.3 Å². The molecule has 0 saturated carbocycles. The van der Waals surface area contributed by atoms with E-state index in [2.05, 4.69) is 11.1 Å². The van der Waals surface area contributed by atoms with E-state index < -0.39 is 10.4 Å². The van der Waals surface area contributed by atoms with Crippen molar-refractivity contribution in [2.45, 2.75) is 33.1 Å². The average Bonchev–Trinajstić information content (AvgIpc) is 1.95. The van der Waals surface area contributed by atoms with Gasteiger partial charge in [0.1, 0.15) is 0 Å². The topological polar surface area (TPSA) is 66.4 Å². The summed E-state index contributed by atoms with van der Waals surface area (Å²) in [6, 6.07) is 0. The van der Waals surface area contributed by atoms with E-state index in [1.54, 1.807) is 0 Å². The van der Waals surface area contributed by atoms with Gasteiger partial charge in [-0.3, -0.25) is 4.18 Å². The van der Waals surface area contributed by atoms with Gasteiger partial charge in [0.2, 0.25) is 10.4 Å². The first kappa shape index (κ1) is 16.3. The molecule has 74 valence electrons. The molecular formula is C7H15NaO4S. The zero-order valence-corrected chi connectivity index (χ0v) is 11.3. The monoisotopic (exact) mass is 218 g/mol. The maximum Gasteiger partial charge on any atom is 1.00 e. The molecule has 0 aliphatic rings. The van der Waals surface area contributed by atoms with Crippen molar-refractivity contribution in [2.24, 2.45) is 5.92 Å². The Hall–Kier alpha value is 0.870. The van der Waals surface area contributed by atoms with Gasteiger partial charge in [-0.15, -0.1) is 0 Å². The molecule has 0 bridgehead atoms. The third-order valence-corrected chi connectivity index (χ3v) is 1.97. The van der Waals surface area contributed by atoms with Crippen LogP contribution in [-0.2, 0) is 14.6 Å². The first-order chi connectivity index (χ1) is 5.45. The zero-order valence-electron chi connectivity index (χ0n) is 8.45. The summed E-state index contributed by atoms with van der Waals surface area (Å²) in [7, 11) is -4.49. The summed E-state index contributed by atoms with van der Waals surface area (Å²) in [6.45, 7) is 3.92. The smallest absolute Gasteiger partial charge is 0.726 e. The molecule has 0 N–H and O–H groups in total. The first-order valence-electron chi connectivity index (χ1n) is 4.06. The van der Waals surface area contributed by atoms with Gasteiger partial charge in [0, 0.05) is 0 Å². The Kier molecular flexibility index (Phi) is 10.3. The van der Waals surface area contributed by atoms with Gasteiger partial charge < -0.3 is 4.55 Å². The van der Waals surface area contributed by atoms with E-state index in [1.165, 1.54) is 0 Å². The van der Waals surface area contributed by atoms with E-state index in [9.17, 15) is 13.0 Å². The summed E-state index contributed by atoms with van der Waals surface area (Å²) < 4.78 is 34.2. The molecule has 0 aliphatic carbocycles. The molecule has 0 saturated heterocycles. The molecule has 6 heteroatoms. The molecule has 13 heavy (non-hydrogen) atoms. The van der Waals surface area contributed by atoms with Gasteiger partial charge in [-0.1, -0.05) is 26.7 Å². The largest absolute Gasteiger partial charge is 1.00 e. The van der Waals surface area contributed by atoms with E-state index in [1.807, 2.05) is 6.92 Å². The van der Waals surface area contributed by atoms with Crippen LogP contribution in [0.15, 0.2) is 0 Å². The van der Waals surface area contributed by atoms with Crippen molar-refractivity contribution in [3.8, 4) is 0 Å². The van der Waals surface area contributed by atoms with Crippen molar-refractivity contribution in [1.29, 1.82) is 0 Å². The van der Waals surface area contributed by atoms with Crippen LogP contribution >= 0.6 is 0 Å². The number of unbranched alkanes of at least 4 members (excludes halogenated alkanes) is 1. The molecule has 0 rings (SSSR count). The van der Waals surface area contributed by atoms with Crippen molar-refractivity contribution in [3.63, 3.8) is 0 Å². The molecule has 0 aromatic heterocycles. The fourth-order valence-corrected chi connectivity index (χ4v) is 1.23. The Bertz CT molecular complexity index is 203. The predicted molar refractivity (Wildman–Crippen MR) is 44.3 cm³/mol. The van der Waals surface area contributed by atoms with Crippen LogP contribution in [0.1, 0.15) is 33.1 Å². The summed E-state index contributed by atoms with van der Waals surface area (Å²) in [4.78, 5) is 0. The Labute approximate surface area is 102 Å². The molecular weight excluding hydrogens is 203 g/mol. The fourth-order valence-electron chi connectivity index (χ4n) is 0.835. The van der Waals surface area contributed by atoms with Gasteiger partial charge >= 0.3 is 29.6 Å². The summed E-state index contributed by atoms with van der Waals surface area (Å²) in [5.41, 5.74) is 0. The quantitative estimate of drug-likeness (QED) is 0.302. The minimum atomic E-state index is -4.49. The Morgan fingerprint density at radius 1 is 1.46 bits per heavy atom. The molecule has 0 spiro atoms.